The standard InChI is InChI=1S/C15H19N3O3/c1-11(2)15-17-14(21-18-15)6-3-9-16-13(19)8-7-12-5-4-10-20-12/h4-5,7-8,10-11H,3,6,9H2,1-2H3,(H,16,19). The maximum absolute atomic E-state index is 11.6. The molecule has 0 aliphatic heterocycles. The smallest absolute Gasteiger partial charge is 0.244 e. The maximum atomic E-state index is 11.6. The summed E-state index contributed by atoms with van der Waals surface area (Å²) in [4.78, 5) is 15.8. The molecule has 6 heteroatoms. The van der Waals surface area contributed by atoms with Crippen LogP contribution in [0.25, 0.3) is 6.08 Å². The van der Waals surface area contributed by atoms with Crippen LogP contribution in [0.4, 0.5) is 0 Å². The maximum Gasteiger partial charge on any atom is 0.244 e. The van der Waals surface area contributed by atoms with E-state index in [1.807, 2.05) is 13.8 Å². The molecule has 6 nitrogen and oxygen atoms in total. The largest absolute Gasteiger partial charge is 0.465 e. The summed E-state index contributed by atoms with van der Waals surface area (Å²) >= 11 is 0. The molecule has 0 aliphatic rings. The Bertz CT molecular complexity index is 585. The number of hydrogen-bond donors (Lipinski definition) is 1. The third-order valence-electron chi connectivity index (χ3n) is 2.81. The lowest BCUT2D eigenvalue weighted by molar-refractivity contribution is -0.116. The third kappa shape index (κ3) is 4.91. The molecule has 0 saturated carbocycles. The van der Waals surface area contributed by atoms with Gasteiger partial charge in [0.2, 0.25) is 11.8 Å². The van der Waals surface area contributed by atoms with Gasteiger partial charge in [-0.1, -0.05) is 19.0 Å². The van der Waals surface area contributed by atoms with Crippen molar-refractivity contribution in [3.05, 3.63) is 41.9 Å². The van der Waals surface area contributed by atoms with Gasteiger partial charge in [-0.05, 0) is 24.6 Å². The molecule has 2 rings (SSSR count). The van der Waals surface area contributed by atoms with Gasteiger partial charge in [-0.3, -0.25) is 4.79 Å². The van der Waals surface area contributed by atoms with Crippen LogP contribution in [0.3, 0.4) is 0 Å². The van der Waals surface area contributed by atoms with Crippen molar-refractivity contribution in [2.45, 2.75) is 32.6 Å². The Hall–Kier alpha value is -2.37. The fraction of sp³-hybridized carbons (Fsp3) is 0.400. The number of amides is 1. The van der Waals surface area contributed by atoms with Crippen molar-refractivity contribution in [3.63, 3.8) is 0 Å². The van der Waals surface area contributed by atoms with Crippen molar-refractivity contribution in [3.8, 4) is 0 Å². The molecule has 112 valence electrons. The van der Waals surface area contributed by atoms with E-state index in [0.29, 0.717) is 24.6 Å². The highest BCUT2D eigenvalue weighted by Crippen LogP contribution is 2.10. The zero-order valence-electron chi connectivity index (χ0n) is 12.2. The average molecular weight is 289 g/mol. The molecule has 0 aliphatic carbocycles. The van der Waals surface area contributed by atoms with Gasteiger partial charge in [-0.2, -0.15) is 4.98 Å². The summed E-state index contributed by atoms with van der Waals surface area (Å²) in [7, 11) is 0. The highest BCUT2D eigenvalue weighted by Gasteiger charge is 2.09. The molecule has 0 fully saturated rings. The number of aryl methyl sites for hydroxylation is 1. The number of carbonyl (C=O) groups excluding carboxylic acids is 1. The second-order valence-corrected chi connectivity index (χ2v) is 4.94. The van der Waals surface area contributed by atoms with Gasteiger partial charge >= 0.3 is 0 Å². The SMILES string of the molecule is CC(C)c1noc(CCCNC(=O)C=Cc2ccco2)n1. The van der Waals surface area contributed by atoms with Gasteiger partial charge in [0.05, 0.1) is 6.26 Å². The van der Waals surface area contributed by atoms with Crippen molar-refractivity contribution >= 4 is 12.0 Å². The van der Waals surface area contributed by atoms with E-state index in [1.54, 1.807) is 24.5 Å². The summed E-state index contributed by atoms with van der Waals surface area (Å²) in [6.45, 7) is 4.58. The Morgan fingerprint density at radius 2 is 2.33 bits per heavy atom. The second kappa shape index (κ2) is 7.42. The second-order valence-electron chi connectivity index (χ2n) is 4.94. The quantitative estimate of drug-likeness (QED) is 0.625. The van der Waals surface area contributed by atoms with Gasteiger partial charge in [-0.25, -0.2) is 0 Å². The zero-order chi connectivity index (χ0) is 15.1. The number of furan rings is 1. The molecular weight excluding hydrogens is 270 g/mol. The normalized spacial score (nSPS) is 11.4. The Morgan fingerprint density at radius 3 is 3.00 bits per heavy atom. The van der Waals surface area contributed by atoms with E-state index in [-0.39, 0.29) is 11.8 Å². The number of rotatable bonds is 7. The van der Waals surface area contributed by atoms with E-state index in [0.717, 1.165) is 12.2 Å². The van der Waals surface area contributed by atoms with Gasteiger partial charge in [-0.15, -0.1) is 0 Å². The lowest BCUT2D eigenvalue weighted by Gasteiger charge is -1.99. The minimum atomic E-state index is -0.153. The Labute approximate surface area is 123 Å². The van der Waals surface area contributed by atoms with Crippen molar-refractivity contribution in [1.82, 2.24) is 15.5 Å². The summed E-state index contributed by atoms with van der Waals surface area (Å²) in [5.41, 5.74) is 0. The highest BCUT2D eigenvalue weighted by atomic mass is 16.5. The number of carbonyl (C=O) groups is 1. The van der Waals surface area contributed by atoms with Gasteiger partial charge < -0.3 is 14.3 Å². The molecule has 21 heavy (non-hydrogen) atoms. The van der Waals surface area contributed by atoms with Crippen LogP contribution in [0.15, 0.2) is 33.4 Å². The van der Waals surface area contributed by atoms with Gasteiger partial charge in [0.15, 0.2) is 5.82 Å². The molecular formula is C15H19N3O3. The Balaban J connectivity index is 1.66. The van der Waals surface area contributed by atoms with Crippen molar-refractivity contribution < 1.29 is 13.7 Å². The summed E-state index contributed by atoms with van der Waals surface area (Å²) < 4.78 is 10.2. The van der Waals surface area contributed by atoms with Gasteiger partial charge in [0.25, 0.3) is 0 Å². The van der Waals surface area contributed by atoms with Crippen molar-refractivity contribution in [1.29, 1.82) is 0 Å². The number of nitrogens with one attached hydrogen (secondary N) is 1. The Morgan fingerprint density at radius 1 is 1.48 bits per heavy atom. The molecule has 0 bridgehead atoms. The minimum absolute atomic E-state index is 0.153. The average Bonchev–Trinajstić information content (AvgIpc) is 3.12. The summed E-state index contributed by atoms with van der Waals surface area (Å²) in [6.07, 6.45) is 6.04. The van der Waals surface area contributed by atoms with Gasteiger partial charge in [0.1, 0.15) is 5.76 Å². The lowest BCUT2D eigenvalue weighted by Crippen LogP contribution is -2.22. The molecule has 1 N–H and O–H groups in total. The van der Waals surface area contributed by atoms with E-state index in [4.69, 9.17) is 8.94 Å². The van der Waals surface area contributed by atoms with E-state index in [2.05, 4.69) is 15.5 Å². The first-order valence-corrected chi connectivity index (χ1v) is 6.97. The van der Waals surface area contributed by atoms with Crippen molar-refractivity contribution in [2.24, 2.45) is 0 Å². The van der Waals surface area contributed by atoms with Crippen molar-refractivity contribution in [2.75, 3.05) is 6.54 Å². The first-order chi connectivity index (χ1) is 10.1. The number of nitrogens with zero attached hydrogens (tertiary/aromatic N) is 2. The number of hydrogen-bond acceptors (Lipinski definition) is 5. The molecule has 2 aromatic rings. The van der Waals surface area contributed by atoms with E-state index in [1.165, 1.54) is 6.08 Å². The first kappa shape index (κ1) is 15.0. The lowest BCUT2D eigenvalue weighted by atomic mass is 10.2. The minimum Gasteiger partial charge on any atom is -0.465 e. The van der Waals surface area contributed by atoms with Crippen LogP contribution in [0.5, 0.6) is 0 Å². The summed E-state index contributed by atoms with van der Waals surface area (Å²) in [5, 5.41) is 6.68. The van der Waals surface area contributed by atoms with Crippen LogP contribution in [0.2, 0.25) is 0 Å². The molecule has 2 heterocycles. The molecule has 0 radical (unpaired) electrons. The molecule has 0 unspecified atom stereocenters. The van der Waals surface area contributed by atoms with Gasteiger partial charge in [0, 0.05) is 25.0 Å². The molecule has 0 saturated heterocycles. The van der Waals surface area contributed by atoms with E-state index >= 15 is 0 Å². The van der Waals surface area contributed by atoms with Crippen LogP contribution in [-0.4, -0.2) is 22.6 Å². The first-order valence-electron chi connectivity index (χ1n) is 6.97. The molecule has 2 aromatic heterocycles. The summed E-state index contributed by atoms with van der Waals surface area (Å²) in [6, 6.07) is 3.55. The molecule has 0 atom stereocenters. The van der Waals surface area contributed by atoms with Crippen LogP contribution < -0.4 is 5.32 Å². The third-order valence-corrected chi connectivity index (χ3v) is 2.81. The van der Waals surface area contributed by atoms with E-state index < -0.39 is 0 Å². The van der Waals surface area contributed by atoms with Crippen LogP contribution in [0, 0.1) is 0 Å². The fourth-order valence-corrected chi connectivity index (χ4v) is 1.66. The monoisotopic (exact) mass is 289 g/mol. The molecule has 1 amide bonds. The molecule has 0 spiro atoms. The van der Waals surface area contributed by atoms with Crippen LogP contribution in [-0.2, 0) is 11.2 Å². The predicted molar refractivity (Wildman–Crippen MR) is 77.5 cm³/mol. The van der Waals surface area contributed by atoms with E-state index in [9.17, 15) is 4.79 Å². The highest BCUT2D eigenvalue weighted by molar-refractivity contribution is 5.91. The zero-order valence-corrected chi connectivity index (χ0v) is 12.2. The predicted octanol–water partition coefficient (Wildman–Crippen LogP) is 2.55. The Kier molecular flexibility index (Phi) is 5.31. The number of aromatic nitrogens is 2. The summed E-state index contributed by atoms with van der Waals surface area (Å²) in [5.74, 6) is 2.08. The molecule has 0 aromatic carbocycles. The fourth-order valence-electron chi connectivity index (χ4n) is 1.66. The van der Waals surface area contributed by atoms with Crippen LogP contribution >= 0.6 is 0 Å². The topological polar surface area (TPSA) is 81.2 Å². The van der Waals surface area contributed by atoms with Crippen LogP contribution in [0.1, 0.15) is 43.7 Å².